The number of nitrogens with zero attached hydrogens (tertiary/aromatic N) is 2. The van der Waals surface area contributed by atoms with E-state index in [1.54, 1.807) is 22.5 Å². The predicted octanol–water partition coefficient (Wildman–Crippen LogP) is 14.7. The third-order valence-corrected chi connectivity index (χ3v) is 13.9. The molecule has 3 nitrogen and oxygen atoms in total. The van der Waals surface area contributed by atoms with Gasteiger partial charge in [-0.3, -0.25) is 0 Å². The maximum absolute atomic E-state index is 6.33. The minimum atomic E-state index is 0.205. The highest BCUT2D eigenvalue weighted by atomic mass is 32.1. The lowest BCUT2D eigenvalue weighted by atomic mass is 9.67. The maximum atomic E-state index is 6.33. The van der Waals surface area contributed by atoms with Gasteiger partial charge in [-0.15, -0.1) is 11.3 Å². The molecule has 0 aliphatic heterocycles. The van der Waals surface area contributed by atoms with Crippen LogP contribution in [0.3, 0.4) is 0 Å². The molecule has 12 rings (SSSR count). The SMILES string of the molecule is C1=C2C(=CCC1)C1(CCCCC1)c1cccc(-c3ccc(-c4cccc(-c5nc(-c6ccc7c(c6)oc6ccccc67)c6sc7ccccc7c6n5)c4)cc3)c12. The molecule has 0 atom stereocenters. The van der Waals surface area contributed by atoms with Crippen molar-refractivity contribution in [1.82, 2.24) is 9.97 Å². The lowest BCUT2D eigenvalue weighted by molar-refractivity contribution is 0.352. The van der Waals surface area contributed by atoms with Gasteiger partial charge in [0.2, 0.25) is 0 Å². The first-order chi connectivity index (χ1) is 27.7. The molecule has 1 saturated carbocycles. The Kier molecular flexibility index (Phi) is 7.16. The smallest absolute Gasteiger partial charge is 0.160 e. The van der Waals surface area contributed by atoms with E-state index in [-0.39, 0.29) is 5.41 Å². The van der Waals surface area contributed by atoms with E-state index in [0.717, 1.165) is 72.2 Å². The lowest BCUT2D eigenvalue weighted by Crippen LogP contribution is -2.28. The fourth-order valence-electron chi connectivity index (χ4n) is 10.2. The summed E-state index contributed by atoms with van der Waals surface area (Å²) in [4.78, 5) is 10.6. The highest BCUT2D eigenvalue weighted by molar-refractivity contribution is 7.26. The molecule has 1 spiro atoms. The van der Waals surface area contributed by atoms with Gasteiger partial charge in [0.1, 0.15) is 11.2 Å². The molecule has 0 N–H and O–H groups in total. The molecule has 3 heterocycles. The number of hydrogen-bond donors (Lipinski definition) is 0. The summed E-state index contributed by atoms with van der Waals surface area (Å²) in [7, 11) is 0. The summed E-state index contributed by atoms with van der Waals surface area (Å²) in [6.07, 6.45) is 14.0. The first kappa shape index (κ1) is 32.2. The second-order valence-corrected chi connectivity index (χ2v) is 16.9. The van der Waals surface area contributed by atoms with Crippen LogP contribution in [-0.4, -0.2) is 9.97 Å². The average molecular weight is 739 g/mol. The molecule has 3 aromatic heterocycles. The zero-order valence-electron chi connectivity index (χ0n) is 31.0. The van der Waals surface area contributed by atoms with E-state index >= 15 is 0 Å². The minimum absolute atomic E-state index is 0.205. The van der Waals surface area contributed by atoms with Crippen LogP contribution in [-0.2, 0) is 5.41 Å². The van der Waals surface area contributed by atoms with Crippen LogP contribution in [0.4, 0.5) is 0 Å². The highest BCUT2D eigenvalue weighted by Crippen LogP contribution is 2.59. The molecule has 3 aliphatic rings. The molecule has 9 aromatic rings. The summed E-state index contributed by atoms with van der Waals surface area (Å²) in [5, 5.41) is 3.40. The number of aromatic nitrogens is 2. The molecule has 0 amide bonds. The zero-order chi connectivity index (χ0) is 36.8. The van der Waals surface area contributed by atoms with Crippen LogP contribution in [0, 0.1) is 0 Å². The molecular formula is C52H38N2OS. The van der Waals surface area contributed by atoms with Gasteiger partial charge in [-0.25, -0.2) is 9.97 Å². The summed E-state index contributed by atoms with van der Waals surface area (Å²) in [5.74, 6) is 0.723. The van der Waals surface area contributed by atoms with Crippen LogP contribution >= 0.6 is 11.3 Å². The van der Waals surface area contributed by atoms with Crippen molar-refractivity contribution in [1.29, 1.82) is 0 Å². The summed E-state index contributed by atoms with van der Waals surface area (Å²) < 4.78 is 8.62. The predicted molar refractivity (Wildman–Crippen MR) is 234 cm³/mol. The third kappa shape index (κ3) is 4.82. The molecule has 0 radical (unpaired) electrons. The molecule has 0 unspecified atom stereocenters. The quantitative estimate of drug-likeness (QED) is 0.180. The van der Waals surface area contributed by atoms with Crippen LogP contribution < -0.4 is 0 Å². The van der Waals surface area contributed by atoms with Crippen molar-refractivity contribution < 1.29 is 4.42 Å². The monoisotopic (exact) mass is 738 g/mol. The third-order valence-electron chi connectivity index (χ3n) is 12.7. The van der Waals surface area contributed by atoms with E-state index in [2.05, 4.69) is 133 Å². The Morgan fingerprint density at radius 1 is 0.554 bits per heavy atom. The molecule has 4 heteroatoms. The van der Waals surface area contributed by atoms with Crippen molar-refractivity contribution in [3.8, 4) is 44.9 Å². The van der Waals surface area contributed by atoms with Gasteiger partial charge in [-0.05, 0) is 101 Å². The Labute approximate surface area is 329 Å². The number of para-hydroxylation sites is 1. The second-order valence-electron chi connectivity index (χ2n) is 15.8. The number of allylic oxidation sites excluding steroid dienone is 4. The summed E-state index contributed by atoms with van der Waals surface area (Å²) in [6.45, 7) is 0. The largest absolute Gasteiger partial charge is 0.456 e. The number of benzene rings is 6. The Balaban J connectivity index is 0.944. The summed E-state index contributed by atoms with van der Waals surface area (Å²) in [6, 6.07) is 48.3. The zero-order valence-corrected chi connectivity index (χ0v) is 31.8. The number of hydrogen-bond acceptors (Lipinski definition) is 4. The van der Waals surface area contributed by atoms with Crippen molar-refractivity contribution >= 4 is 59.2 Å². The van der Waals surface area contributed by atoms with Gasteiger partial charge in [0, 0.05) is 37.4 Å². The van der Waals surface area contributed by atoms with E-state index in [9.17, 15) is 0 Å². The van der Waals surface area contributed by atoms with E-state index in [0.29, 0.717) is 0 Å². The average Bonchev–Trinajstić information content (AvgIpc) is 3.92. The van der Waals surface area contributed by atoms with Crippen LogP contribution in [0.25, 0.3) is 92.7 Å². The van der Waals surface area contributed by atoms with Crippen LogP contribution in [0.5, 0.6) is 0 Å². The number of fused-ring (bicyclic) bond motifs is 11. The molecule has 268 valence electrons. The number of rotatable bonds is 4. The van der Waals surface area contributed by atoms with Gasteiger partial charge in [-0.1, -0.05) is 135 Å². The van der Waals surface area contributed by atoms with Gasteiger partial charge in [0.25, 0.3) is 0 Å². The van der Waals surface area contributed by atoms with Crippen molar-refractivity contribution in [2.75, 3.05) is 0 Å². The standard InChI is InChI=1S/C52H38N2OS/c1-8-28-52(29-9-1)42-18-5-2-15-40(42)47-37(17-11-19-43(47)52)33-24-22-32(23-25-33)34-12-10-13-36(30-34)51-53-48(50-49(54-51)41-16-4-7-21-46(41)56-50)35-26-27-39-38-14-3-6-20-44(38)55-45(39)31-35/h3-4,6-7,10-27,30-31H,1-2,5,8-9,28-29H2. The van der Waals surface area contributed by atoms with Crippen LogP contribution in [0.1, 0.15) is 56.1 Å². The van der Waals surface area contributed by atoms with Gasteiger partial charge in [-0.2, -0.15) is 0 Å². The van der Waals surface area contributed by atoms with Crippen molar-refractivity contribution in [3.05, 3.63) is 162 Å². The first-order valence-electron chi connectivity index (χ1n) is 20.1. The fourth-order valence-corrected chi connectivity index (χ4v) is 11.3. The van der Waals surface area contributed by atoms with Crippen molar-refractivity contribution in [3.63, 3.8) is 0 Å². The van der Waals surface area contributed by atoms with E-state index in [4.69, 9.17) is 14.4 Å². The first-order valence-corrected chi connectivity index (χ1v) is 20.9. The Morgan fingerprint density at radius 2 is 1.30 bits per heavy atom. The van der Waals surface area contributed by atoms with Gasteiger partial charge >= 0.3 is 0 Å². The Bertz CT molecular complexity index is 3120. The molecule has 56 heavy (non-hydrogen) atoms. The van der Waals surface area contributed by atoms with E-state index < -0.39 is 0 Å². The van der Waals surface area contributed by atoms with E-state index in [1.807, 2.05) is 12.1 Å². The fraction of sp³-hybridized carbons (Fsp3) is 0.154. The molecule has 0 saturated heterocycles. The van der Waals surface area contributed by atoms with Crippen LogP contribution in [0.15, 0.2) is 156 Å². The van der Waals surface area contributed by atoms with Crippen molar-refractivity contribution in [2.45, 2.75) is 50.4 Å². The van der Waals surface area contributed by atoms with Crippen molar-refractivity contribution in [2.24, 2.45) is 0 Å². The molecule has 1 fully saturated rings. The molecular weight excluding hydrogens is 701 g/mol. The topological polar surface area (TPSA) is 38.9 Å². The van der Waals surface area contributed by atoms with Gasteiger partial charge < -0.3 is 4.42 Å². The second kappa shape index (κ2) is 12.5. The lowest BCUT2D eigenvalue weighted by Gasteiger charge is -2.37. The molecule has 3 aliphatic carbocycles. The summed E-state index contributed by atoms with van der Waals surface area (Å²) >= 11 is 1.75. The Hall–Kier alpha value is -6.10. The van der Waals surface area contributed by atoms with Gasteiger partial charge in [0.05, 0.1) is 15.9 Å². The molecule has 0 bridgehead atoms. The van der Waals surface area contributed by atoms with E-state index in [1.165, 1.54) is 71.1 Å². The minimum Gasteiger partial charge on any atom is -0.456 e. The van der Waals surface area contributed by atoms with Gasteiger partial charge in [0.15, 0.2) is 5.82 Å². The maximum Gasteiger partial charge on any atom is 0.160 e. The Morgan fingerprint density at radius 3 is 2.21 bits per heavy atom. The summed E-state index contributed by atoms with van der Waals surface area (Å²) in [5.41, 5.74) is 17.1. The highest BCUT2D eigenvalue weighted by Gasteiger charge is 2.46. The number of furan rings is 1. The van der Waals surface area contributed by atoms with Crippen LogP contribution in [0.2, 0.25) is 0 Å². The number of thiophene rings is 1. The normalized spacial score (nSPS) is 16.1. The molecule has 6 aromatic carbocycles.